The number of nitriles is 1. The number of rotatable bonds is 5. The summed E-state index contributed by atoms with van der Waals surface area (Å²) in [5.74, 6) is 0.396. The van der Waals surface area contributed by atoms with Crippen LogP contribution in [0.15, 0.2) is 42.1 Å². The molecule has 0 unspecified atom stereocenters. The summed E-state index contributed by atoms with van der Waals surface area (Å²) in [6.45, 7) is 3.31. The van der Waals surface area contributed by atoms with Gasteiger partial charge in [0.15, 0.2) is 5.13 Å². The van der Waals surface area contributed by atoms with E-state index < -0.39 is 0 Å². The Morgan fingerprint density at radius 3 is 2.80 bits per heavy atom. The molecule has 7 heteroatoms. The first-order chi connectivity index (χ1) is 14.6. The van der Waals surface area contributed by atoms with Gasteiger partial charge in [-0.3, -0.25) is 4.79 Å². The number of nitrogens with one attached hydrogen (secondary N) is 1. The third-order valence-corrected chi connectivity index (χ3v) is 6.90. The van der Waals surface area contributed by atoms with Crippen molar-refractivity contribution in [3.05, 3.63) is 58.2 Å². The Kier molecular flexibility index (Phi) is 6.46. The van der Waals surface area contributed by atoms with Gasteiger partial charge >= 0.3 is 0 Å². The highest BCUT2D eigenvalue weighted by Gasteiger charge is 2.25. The van der Waals surface area contributed by atoms with E-state index >= 15 is 0 Å². The van der Waals surface area contributed by atoms with Gasteiger partial charge in [-0.25, -0.2) is 4.98 Å². The van der Waals surface area contributed by atoms with Gasteiger partial charge in [0.25, 0.3) is 5.91 Å². The second-order valence-corrected chi connectivity index (χ2v) is 9.20. The maximum Gasteiger partial charge on any atom is 0.266 e. The van der Waals surface area contributed by atoms with Crippen LogP contribution in [0.25, 0.3) is 0 Å². The lowest BCUT2D eigenvalue weighted by molar-refractivity contribution is -0.128. The highest BCUT2D eigenvalue weighted by atomic mass is 32.1. The molecule has 1 N–H and O–H groups in total. The average Bonchev–Trinajstić information content (AvgIpc) is 3.17. The van der Waals surface area contributed by atoms with Crippen LogP contribution in [0.5, 0.6) is 0 Å². The van der Waals surface area contributed by atoms with Crippen molar-refractivity contribution in [3.63, 3.8) is 0 Å². The van der Waals surface area contributed by atoms with Gasteiger partial charge in [-0.1, -0.05) is 30.3 Å². The van der Waals surface area contributed by atoms with Crippen LogP contribution in [-0.2, 0) is 24.2 Å². The molecule has 2 aromatic rings. The summed E-state index contributed by atoms with van der Waals surface area (Å²) in [5, 5.41) is 13.4. The Labute approximate surface area is 181 Å². The van der Waals surface area contributed by atoms with E-state index in [0.29, 0.717) is 19.0 Å². The Morgan fingerprint density at radius 1 is 1.30 bits per heavy atom. The predicted octanol–water partition coefficient (Wildman–Crippen LogP) is 3.43. The van der Waals surface area contributed by atoms with Crippen LogP contribution in [0, 0.1) is 17.2 Å². The minimum absolute atomic E-state index is 0.141. The monoisotopic (exact) mass is 421 g/mol. The average molecular weight is 422 g/mol. The summed E-state index contributed by atoms with van der Waals surface area (Å²) in [6, 6.07) is 12.6. The Balaban J connectivity index is 1.32. The molecule has 1 fully saturated rings. The van der Waals surface area contributed by atoms with E-state index in [-0.39, 0.29) is 11.5 Å². The molecular formula is C23H27N5OS. The number of hydrogen-bond donors (Lipinski definition) is 1. The highest BCUT2D eigenvalue weighted by molar-refractivity contribution is 7.15. The van der Waals surface area contributed by atoms with E-state index in [2.05, 4.69) is 52.6 Å². The van der Waals surface area contributed by atoms with Gasteiger partial charge in [0.2, 0.25) is 0 Å². The molecule has 1 saturated heterocycles. The Bertz CT molecular complexity index is 954. The van der Waals surface area contributed by atoms with Crippen LogP contribution in [0.3, 0.4) is 0 Å². The number of anilines is 1. The molecule has 3 heterocycles. The molecule has 0 saturated carbocycles. The topological polar surface area (TPSA) is 72.3 Å². The molecule has 1 amide bonds. The fourth-order valence-corrected chi connectivity index (χ4v) is 5.18. The van der Waals surface area contributed by atoms with Gasteiger partial charge in [0.1, 0.15) is 11.6 Å². The maximum absolute atomic E-state index is 12.8. The van der Waals surface area contributed by atoms with Gasteiger partial charge in [0.05, 0.1) is 5.69 Å². The normalized spacial score (nSPS) is 18.0. The molecule has 2 aliphatic heterocycles. The summed E-state index contributed by atoms with van der Waals surface area (Å²) in [4.78, 5) is 22.8. The molecule has 0 bridgehead atoms. The number of likely N-dealkylation sites (N-methyl/N-ethyl adjacent to an activating group) is 1. The van der Waals surface area contributed by atoms with E-state index in [0.717, 1.165) is 49.6 Å². The van der Waals surface area contributed by atoms with Crippen molar-refractivity contribution in [2.75, 3.05) is 32.0 Å². The summed E-state index contributed by atoms with van der Waals surface area (Å²) in [5.41, 5.74) is 2.61. The zero-order valence-electron chi connectivity index (χ0n) is 17.3. The lowest BCUT2D eigenvalue weighted by atomic mass is 9.90. The van der Waals surface area contributed by atoms with E-state index in [1.54, 1.807) is 16.2 Å². The lowest BCUT2D eigenvalue weighted by Gasteiger charge is -2.32. The van der Waals surface area contributed by atoms with Crippen molar-refractivity contribution in [2.45, 2.75) is 32.2 Å². The lowest BCUT2D eigenvalue weighted by Crippen LogP contribution is -2.39. The van der Waals surface area contributed by atoms with Gasteiger partial charge in [0, 0.05) is 43.7 Å². The first-order valence-electron chi connectivity index (χ1n) is 10.5. The zero-order chi connectivity index (χ0) is 20.9. The molecule has 0 aliphatic carbocycles. The molecule has 1 aromatic heterocycles. The van der Waals surface area contributed by atoms with Gasteiger partial charge in [-0.2, -0.15) is 5.26 Å². The molecule has 1 aromatic carbocycles. The quantitative estimate of drug-likeness (QED) is 0.592. The van der Waals surface area contributed by atoms with Crippen LogP contribution in [-0.4, -0.2) is 47.4 Å². The number of piperidine rings is 1. The zero-order valence-corrected chi connectivity index (χ0v) is 18.1. The number of likely N-dealkylation sites (tertiary alicyclic amines) is 1. The van der Waals surface area contributed by atoms with Crippen molar-refractivity contribution in [1.82, 2.24) is 14.8 Å². The number of carbonyl (C=O) groups is 1. The molecule has 30 heavy (non-hydrogen) atoms. The predicted molar refractivity (Wildman–Crippen MR) is 119 cm³/mol. The Morgan fingerprint density at radius 2 is 2.07 bits per heavy atom. The van der Waals surface area contributed by atoms with Gasteiger partial charge in [-0.05, 0) is 37.8 Å². The number of fused-ring (bicyclic) bond motifs is 1. The largest absolute Gasteiger partial charge is 0.338 e. The second kappa shape index (κ2) is 9.41. The number of benzene rings is 1. The molecule has 6 nitrogen and oxygen atoms in total. The minimum Gasteiger partial charge on any atom is -0.338 e. The van der Waals surface area contributed by atoms with E-state index in [1.165, 1.54) is 16.6 Å². The standard InChI is InChI=1S/C23H27N5OS/c1-27-10-9-20-21(16-27)30-23(26-20)25-15-19(14-24)22(29)28-11-7-18(8-12-28)13-17-5-3-2-4-6-17/h2-6,15,18H,7-13,16H2,1H3,(H,25,26)/b19-15-. The number of hydrogen-bond acceptors (Lipinski definition) is 6. The van der Waals surface area contributed by atoms with Crippen LogP contribution >= 0.6 is 11.3 Å². The van der Waals surface area contributed by atoms with Crippen molar-refractivity contribution in [1.29, 1.82) is 5.26 Å². The third-order valence-electron chi connectivity index (χ3n) is 5.88. The first-order valence-corrected chi connectivity index (χ1v) is 11.3. The second-order valence-electron chi connectivity index (χ2n) is 8.12. The molecule has 0 atom stereocenters. The molecule has 0 radical (unpaired) electrons. The summed E-state index contributed by atoms with van der Waals surface area (Å²) < 4.78 is 0. The molecule has 156 valence electrons. The number of carbonyl (C=O) groups excluding carboxylic acids is 1. The van der Waals surface area contributed by atoms with Crippen molar-refractivity contribution < 1.29 is 4.79 Å². The fraction of sp³-hybridized carbons (Fsp3) is 0.435. The number of amides is 1. The van der Waals surface area contributed by atoms with Crippen LogP contribution in [0.1, 0.15) is 29.0 Å². The number of thiazole rings is 1. The molecule has 4 rings (SSSR count). The highest BCUT2D eigenvalue weighted by Crippen LogP contribution is 2.28. The van der Waals surface area contributed by atoms with E-state index in [4.69, 9.17) is 0 Å². The van der Waals surface area contributed by atoms with Crippen LogP contribution in [0.2, 0.25) is 0 Å². The first kappa shape index (κ1) is 20.6. The smallest absolute Gasteiger partial charge is 0.266 e. The van der Waals surface area contributed by atoms with Gasteiger partial charge in [-0.15, -0.1) is 11.3 Å². The Hall–Kier alpha value is -2.69. The number of nitrogens with zero attached hydrogens (tertiary/aromatic N) is 4. The van der Waals surface area contributed by atoms with E-state index in [1.807, 2.05) is 6.07 Å². The maximum atomic E-state index is 12.8. The van der Waals surface area contributed by atoms with Crippen LogP contribution in [0.4, 0.5) is 5.13 Å². The molecular weight excluding hydrogens is 394 g/mol. The van der Waals surface area contributed by atoms with Gasteiger partial charge < -0.3 is 15.1 Å². The van der Waals surface area contributed by atoms with Crippen molar-refractivity contribution in [3.8, 4) is 6.07 Å². The third kappa shape index (κ3) is 4.89. The van der Waals surface area contributed by atoms with E-state index in [9.17, 15) is 10.1 Å². The summed E-state index contributed by atoms with van der Waals surface area (Å²) >= 11 is 1.60. The summed E-state index contributed by atoms with van der Waals surface area (Å²) in [6.07, 6.45) is 5.45. The minimum atomic E-state index is -0.191. The SMILES string of the molecule is CN1CCc2nc(N/C=C(/C#N)C(=O)N3CCC(Cc4ccccc4)CC3)sc2C1. The van der Waals surface area contributed by atoms with Crippen LogP contribution < -0.4 is 5.32 Å². The number of aromatic nitrogens is 1. The molecule has 2 aliphatic rings. The van der Waals surface area contributed by atoms with Crippen molar-refractivity contribution in [2.24, 2.45) is 5.92 Å². The van der Waals surface area contributed by atoms with Crippen molar-refractivity contribution >= 4 is 22.4 Å². The molecule has 0 spiro atoms. The fourth-order valence-electron chi connectivity index (χ4n) is 4.12. The summed E-state index contributed by atoms with van der Waals surface area (Å²) in [7, 11) is 2.10.